The van der Waals surface area contributed by atoms with Crippen LogP contribution in [0.2, 0.25) is 0 Å². The Labute approximate surface area is 175 Å². The van der Waals surface area contributed by atoms with Crippen LogP contribution in [0.5, 0.6) is 11.5 Å². The van der Waals surface area contributed by atoms with Crippen LogP contribution in [0.15, 0.2) is 34.2 Å². The maximum Gasteiger partial charge on any atom is 0.254 e. The molecule has 0 saturated carbocycles. The maximum absolute atomic E-state index is 12.7. The fourth-order valence-electron chi connectivity index (χ4n) is 2.78. The van der Waals surface area contributed by atoms with Gasteiger partial charge in [-0.15, -0.1) is 0 Å². The van der Waals surface area contributed by atoms with E-state index in [1.54, 1.807) is 21.3 Å². The van der Waals surface area contributed by atoms with Gasteiger partial charge >= 0.3 is 0 Å². The molecule has 1 heterocycles. The quantitative estimate of drug-likeness (QED) is 0.471. The van der Waals surface area contributed by atoms with Crippen LogP contribution in [0, 0.1) is 0 Å². The molecule has 0 aliphatic rings. The average Bonchev–Trinajstić information content (AvgIpc) is 2.74. The molecule has 1 N–H and O–H groups in total. The zero-order valence-corrected chi connectivity index (χ0v) is 18.5. The second-order valence-electron chi connectivity index (χ2n) is 6.53. The van der Waals surface area contributed by atoms with Crippen molar-refractivity contribution in [2.24, 2.45) is 7.05 Å². The first-order chi connectivity index (χ1) is 13.9. The number of methoxy groups -OCH3 is 2. The van der Waals surface area contributed by atoms with Gasteiger partial charge in [0.1, 0.15) is 0 Å². The minimum atomic E-state index is -0.314. The molecule has 158 valence electrons. The van der Waals surface area contributed by atoms with E-state index in [2.05, 4.69) is 10.3 Å². The van der Waals surface area contributed by atoms with Gasteiger partial charge in [-0.25, -0.2) is 4.98 Å². The summed E-state index contributed by atoms with van der Waals surface area (Å²) in [6.07, 6.45) is 1.99. The Morgan fingerprint density at radius 2 is 1.93 bits per heavy atom. The fraction of sp³-hybridized carbons (Fsp3) is 0.476. The predicted octanol–water partition coefficient (Wildman–Crippen LogP) is 2.59. The fourth-order valence-corrected chi connectivity index (χ4v) is 3.81. The van der Waals surface area contributed by atoms with Crippen LogP contribution in [0.1, 0.15) is 31.5 Å². The maximum atomic E-state index is 12.7. The summed E-state index contributed by atoms with van der Waals surface area (Å²) in [5.74, 6) is 1.28. The molecule has 0 spiro atoms. The molecular weight excluding hydrogens is 390 g/mol. The molecule has 7 nitrogen and oxygen atoms in total. The highest BCUT2D eigenvalue weighted by atomic mass is 32.2. The van der Waals surface area contributed by atoms with Crippen molar-refractivity contribution in [3.8, 4) is 11.5 Å². The van der Waals surface area contributed by atoms with Gasteiger partial charge in [0.15, 0.2) is 16.7 Å². The largest absolute Gasteiger partial charge is 0.493 e. The molecule has 29 heavy (non-hydrogen) atoms. The lowest BCUT2D eigenvalue weighted by Crippen LogP contribution is -2.34. The van der Waals surface area contributed by atoms with Crippen LogP contribution >= 0.6 is 11.8 Å². The van der Waals surface area contributed by atoms with Gasteiger partial charge in [-0.3, -0.25) is 14.2 Å². The van der Waals surface area contributed by atoms with Crippen molar-refractivity contribution in [2.45, 2.75) is 43.5 Å². The van der Waals surface area contributed by atoms with Crippen LogP contribution < -0.4 is 20.3 Å². The minimum absolute atomic E-state index is 0.0610. The third-order valence-electron chi connectivity index (χ3n) is 4.58. The molecule has 0 aliphatic heterocycles. The molecule has 0 aliphatic carbocycles. The third-order valence-corrected chi connectivity index (χ3v) is 5.99. The molecule has 1 atom stereocenters. The molecule has 0 radical (unpaired) electrons. The van der Waals surface area contributed by atoms with Crippen LogP contribution in [0.4, 0.5) is 0 Å². The number of carbonyl (C=O) groups is 1. The number of aromatic nitrogens is 2. The predicted molar refractivity (Wildman–Crippen MR) is 115 cm³/mol. The van der Waals surface area contributed by atoms with Crippen molar-refractivity contribution in [3.05, 3.63) is 45.9 Å². The van der Waals surface area contributed by atoms with Gasteiger partial charge in [0.2, 0.25) is 5.91 Å². The molecular formula is C21H29N3O4S. The number of amides is 1. The minimum Gasteiger partial charge on any atom is -0.493 e. The summed E-state index contributed by atoms with van der Waals surface area (Å²) in [6, 6.07) is 7.25. The summed E-state index contributed by atoms with van der Waals surface area (Å²) in [5, 5.41) is 3.24. The van der Waals surface area contributed by atoms with Crippen molar-refractivity contribution >= 4 is 17.7 Å². The van der Waals surface area contributed by atoms with Gasteiger partial charge in [0.25, 0.3) is 5.56 Å². The number of hydrogen-bond donors (Lipinski definition) is 1. The zero-order chi connectivity index (χ0) is 21.4. The Bertz CT molecular complexity index is 898. The molecule has 1 aromatic carbocycles. The van der Waals surface area contributed by atoms with E-state index in [9.17, 15) is 9.59 Å². The molecule has 8 heteroatoms. The second-order valence-corrected chi connectivity index (χ2v) is 7.70. The van der Waals surface area contributed by atoms with Gasteiger partial charge in [-0.1, -0.05) is 31.7 Å². The van der Waals surface area contributed by atoms with Crippen molar-refractivity contribution < 1.29 is 14.3 Å². The summed E-state index contributed by atoms with van der Waals surface area (Å²) in [4.78, 5) is 29.2. The molecule has 0 bridgehead atoms. The van der Waals surface area contributed by atoms with Gasteiger partial charge in [-0.05, 0) is 37.0 Å². The van der Waals surface area contributed by atoms with Gasteiger partial charge < -0.3 is 14.8 Å². The number of carbonyl (C=O) groups excluding carboxylic acids is 1. The zero-order valence-electron chi connectivity index (χ0n) is 17.7. The lowest BCUT2D eigenvalue weighted by molar-refractivity contribution is -0.120. The number of benzene rings is 1. The summed E-state index contributed by atoms with van der Waals surface area (Å²) < 4.78 is 12.0. The first-order valence-electron chi connectivity index (χ1n) is 9.65. The van der Waals surface area contributed by atoms with Crippen molar-refractivity contribution in [3.63, 3.8) is 0 Å². The van der Waals surface area contributed by atoms with E-state index < -0.39 is 0 Å². The Hall–Kier alpha value is -2.48. The summed E-state index contributed by atoms with van der Waals surface area (Å²) >= 11 is 1.33. The summed E-state index contributed by atoms with van der Waals surface area (Å²) in [7, 11) is 4.88. The topological polar surface area (TPSA) is 82.5 Å². The number of nitrogens with zero attached hydrogens (tertiary/aromatic N) is 2. The number of hydrogen-bond acceptors (Lipinski definition) is 6. The normalized spacial score (nSPS) is 11.8. The highest BCUT2D eigenvalue weighted by Gasteiger charge is 2.20. The number of aryl methyl sites for hydroxylation is 1. The highest BCUT2D eigenvalue weighted by molar-refractivity contribution is 8.00. The van der Waals surface area contributed by atoms with Crippen molar-refractivity contribution in [2.75, 3.05) is 20.8 Å². The monoisotopic (exact) mass is 419 g/mol. The Kier molecular flexibility index (Phi) is 8.57. The van der Waals surface area contributed by atoms with E-state index in [0.29, 0.717) is 42.5 Å². The summed E-state index contributed by atoms with van der Waals surface area (Å²) in [5.41, 5.74) is 1.67. The van der Waals surface area contributed by atoms with E-state index in [4.69, 9.17) is 9.47 Å². The number of thioether (sulfide) groups is 1. The third kappa shape index (κ3) is 6.00. The van der Waals surface area contributed by atoms with Crippen LogP contribution in [0.25, 0.3) is 0 Å². The van der Waals surface area contributed by atoms with Crippen LogP contribution in [-0.2, 0) is 24.7 Å². The van der Waals surface area contributed by atoms with Crippen LogP contribution in [-0.4, -0.2) is 41.5 Å². The number of ether oxygens (including phenoxy) is 2. The van der Waals surface area contributed by atoms with Gasteiger partial charge in [-0.2, -0.15) is 0 Å². The first-order valence-corrected chi connectivity index (χ1v) is 10.5. The van der Waals surface area contributed by atoms with E-state index in [1.807, 2.05) is 32.0 Å². The SMILES string of the molecule is CCc1cc(=O)n(C)c(SC(CC)C(=O)NCCc2ccc(OC)c(OC)c2)n1. The molecule has 1 amide bonds. The molecule has 0 fully saturated rings. The molecule has 1 aromatic heterocycles. The molecule has 2 aromatic rings. The molecule has 0 saturated heterocycles. The van der Waals surface area contributed by atoms with Crippen molar-refractivity contribution in [1.29, 1.82) is 0 Å². The van der Waals surface area contributed by atoms with E-state index in [0.717, 1.165) is 11.3 Å². The Balaban J connectivity index is 1.99. The van der Waals surface area contributed by atoms with E-state index in [1.165, 1.54) is 22.4 Å². The van der Waals surface area contributed by atoms with Crippen molar-refractivity contribution in [1.82, 2.24) is 14.9 Å². The van der Waals surface area contributed by atoms with Gasteiger partial charge in [0.05, 0.1) is 19.5 Å². The standard InChI is InChI=1S/C21H29N3O4S/c1-6-15-13-19(25)24(3)21(23-15)29-18(7-2)20(26)22-11-10-14-8-9-16(27-4)17(12-14)28-5/h8-9,12-13,18H,6-7,10-11H2,1-5H3,(H,22,26). The Morgan fingerprint density at radius 3 is 2.55 bits per heavy atom. The summed E-state index contributed by atoms with van der Waals surface area (Å²) in [6.45, 7) is 4.41. The van der Waals surface area contributed by atoms with Crippen LogP contribution in [0.3, 0.4) is 0 Å². The average molecular weight is 420 g/mol. The molecule has 1 unspecified atom stereocenters. The smallest absolute Gasteiger partial charge is 0.254 e. The number of rotatable bonds is 10. The van der Waals surface area contributed by atoms with Gasteiger partial charge in [0, 0.05) is 25.4 Å². The lowest BCUT2D eigenvalue weighted by atomic mass is 10.1. The number of nitrogens with one attached hydrogen (secondary N) is 1. The Morgan fingerprint density at radius 1 is 1.21 bits per heavy atom. The molecule has 2 rings (SSSR count). The second kappa shape index (κ2) is 10.9. The highest BCUT2D eigenvalue weighted by Crippen LogP contribution is 2.27. The van der Waals surface area contributed by atoms with E-state index >= 15 is 0 Å². The lowest BCUT2D eigenvalue weighted by Gasteiger charge is -2.16. The van der Waals surface area contributed by atoms with E-state index in [-0.39, 0.29) is 16.7 Å². The first kappa shape index (κ1) is 22.8.